The Labute approximate surface area is 142 Å². The summed E-state index contributed by atoms with van der Waals surface area (Å²) in [5.41, 5.74) is 2.16. The molecule has 0 saturated heterocycles. The summed E-state index contributed by atoms with van der Waals surface area (Å²) in [5.74, 6) is 1.57. The second-order valence-corrected chi connectivity index (χ2v) is 5.19. The zero-order valence-electron chi connectivity index (χ0n) is 14.5. The second-order valence-electron chi connectivity index (χ2n) is 5.19. The van der Waals surface area contributed by atoms with Gasteiger partial charge in [-0.15, -0.1) is 0 Å². The van der Waals surface area contributed by atoms with Crippen molar-refractivity contribution >= 4 is 11.6 Å². The lowest BCUT2D eigenvalue weighted by Crippen LogP contribution is -2.13. The summed E-state index contributed by atoms with van der Waals surface area (Å²) in [6.45, 7) is 6.78. The first-order valence-electron chi connectivity index (χ1n) is 7.94. The fourth-order valence-electron chi connectivity index (χ4n) is 2.31. The summed E-state index contributed by atoms with van der Waals surface area (Å²) in [7, 11) is 1.57. The molecule has 0 heterocycles. The fraction of sp³-hybridized carbons (Fsp3) is 0.316. The van der Waals surface area contributed by atoms with Crippen LogP contribution in [0, 0.1) is 6.92 Å². The molecule has 0 bridgehead atoms. The van der Waals surface area contributed by atoms with Crippen molar-refractivity contribution in [2.24, 2.45) is 0 Å². The van der Waals surface area contributed by atoms with Crippen LogP contribution in [0.25, 0.3) is 0 Å². The Morgan fingerprint density at radius 3 is 2.29 bits per heavy atom. The highest BCUT2D eigenvalue weighted by atomic mass is 16.5. The molecule has 1 N–H and O–H groups in total. The van der Waals surface area contributed by atoms with Crippen LogP contribution in [-0.4, -0.2) is 26.2 Å². The smallest absolute Gasteiger partial charge is 0.255 e. The van der Waals surface area contributed by atoms with Crippen LogP contribution in [0.2, 0.25) is 0 Å². The number of hydrogen-bond acceptors (Lipinski definition) is 4. The minimum absolute atomic E-state index is 0.233. The van der Waals surface area contributed by atoms with Crippen LogP contribution >= 0.6 is 0 Å². The van der Waals surface area contributed by atoms with Crippen LogP contribution in [0.1, 0.15) is 29.8 Å². The molecule has 128 valence electrons. The lowest BCUT2D eigenvalue weighted by molar-refractivity contribution is 0.102. The normalized spacial score (nSPS) is 10.2. The number of anilines is 1. The first kappa shape index (κ1) is 17.7. The Bertz CT molecular complexity index is 713. The summed E-state index contributed by atoms with van der Waals surface area (Å²) < 4.78 is 16.4. The van der Waals surface area contributed by atoms with Crippen molar-refractivity contribution in [2.75, 3.05) is 25.6 Å². The van der Waals surface area contributed by atoms with E-state index in [0.29, 0.717) is 41.7 Å². The standard InChI is InChI=1S/C19H23NO4/c1-5-23-17-10-8-14(12-18(17)24-6-2)19(21)20-15-11-13(3)7-9-16(15)22-4/h7-12H,5-6H2,1-4H3,(H,20,21). The topological polar surface area (TPSA) is 56.8 Å². The van der Waals surface area contributed by atoms with Gasteiger partial charge >= 0.3 is 0 Å². The molecule has 0 spiro atoms. The average Bonchev–Trinajstić information content (AvgIpc) is 2.57. The van der Waals surface area contributed by atoms with E-state index in [4.69, 9.17) is 14.2 Å². The summed E-state index contributed by atoms with van der Waals surface area (Å²) >= 11 is 0. The van der Waals surface area contributed by atoms with Gasteiger partial charge in [0.2, 0.25) is 0 Å². The van der Waals surface area contributed by atoms with Gasteiger partial charge in [-0.25, -0.2) is 0 Å². The summed E-state index contributed by atoms with van der Waals surface area (Å²) in [4.78, 5) is 12.6. The summed E-state index contributed by atoms with van der Waals surface area (Å²) in [5, 5.41) is 2.88. The molecule has 0 aliphatic heterocycles. The Balaban J connectivity index is 2.26. The van der Waals surface area contributed by atoms with Crippen molar-refractivity contribution < 1.29 is 19.0 Å². The van der Waals surface area contributed by atoms with Gasteiger partial charge in [0.05, 0.1) is 26.0 Å². The fourth-order valence-corrected chi connectivity index (χ4v) is 2.31. The zero-order chi connectivity index (χ0) is 17.5. The molecule has 2 aromatic carbocycles. The largest absolute Gasteiger partial charge is 0.495 e. The molecule has 0 radical (unpaired) electrons. The van der Waals surface area contributed by atoms with Crippen LogP contribution in [0.15, 0.2) is 36.4 Å². The van der Waals surface area contributed by atoms with Crippen LogP contribution in [0.5, 0.6) is 17.2 Å². The molecule has 0 saturated carbocycles. The second kappa shape index (κ2) is 8.24. The molecule has 0 aromatic heterocycles. The molecule has 2 rings (SSSR count). The van der Waals surface area contributed by atoms with E-state index in [2.05, 4.69) is 5.32 Å². The number of amides is 1. The third-order valence-electron chi connectivity index (χ3n) is 3.41. The number of benzene rings is 2. The van der Waals surface area contributed by atoms with Gasteiger partial charge in [-0.2, -0.15) is 0 Å². The molecule has 1 amide bonds. The van der Waals surface area contributed by atoms with Crippen molar-refractivity contribution in [3.63, 3.8) is 0 Å². The van der Waals surface area contributed by atoms with Crippen LogP contribution in [0.4, 0.5) is 5.69 Å². The van der Waals surface area contributed by atoms with Gasteiger partial charge in [-0.05, 0) is 56.7 Å². The van der Waals surface area contributed by atoms with Gasteiger partial charge in [0.25, 0.3) is 5.91 Å². The number of rotatable bonds is 7. The third kappa shape index (κ3) is 4.19. The molecule has 24 heavy (non-hydrogen) atoms. The number of carbonyl (C=O) groups is 1. The van der Waals surface area contributed by atoms with Crippen molar-refractivity contribution in [2.45, 2.75) is 20.8 Å². The Morgan fingerprint density at radius 1 is 0.958 bits per heavy atom. The molecule has 0 fully saturated rings. The van der Waals surface area contributed by atoms with Crippen molar-refractivity contribution in [3.8, 4) is 17.2 Å². The molecule has 0 aliphatic rings. The van der Waals surface area contributed by atoms with E-state index in [1.54, 1.807) is 25.3 Å². The SMILES string of the molecule is CCOc1ccc(C(=O)Nc2cc(C)ccc2OC)cc1OCC. The van der Waals surface area contributed by atoms with Crippen molar-refractivity contribution in [1.29, 1.82) is 0 Å². The van der Waals surface area contributed by atoms with Gasteiger partial charge in [0.15, 0.2) is 11.5 Å². The maximum absolute atomic E-state index is 12.6. The predicted octanol–water partition coefficient (Wildman–Crippen LogP) is 4.05. The number of carbonyl (C=O) groups excluding carboxylic acids is 1. The first-order chi connectivity index (χ1) is 11.6. The highest BCUT2D eigenvalue weighted by molar-refractivity contribution is 6.05. The van der Waals surface area contributed by atoms with E-state index < -0.39 is 0 Å². The molecular formula is C19H23NO4. The van der Waals surface area contributed by atoms with Gasteiger partial charge in [0, 0.05) is 5.56 Å². The summed E-state index contributed by atoms with van der Waals surface area (Å²) in [6, 6.07) is 10.8. The molecule has 5 heteroatoms. The number of hydrogen-bond donors (Lipinski definition) is 1. The molecule has 2 aromatic rings. The van der Waals surface area contributed by atoms with Gasteiger partial charge in [0.1, 0.15) is 5.75 Å². The van der Waals surface area contributed by atoms with Gasteiger partial charge in [-0.1, -0.05) is 6.07 Å². The lowest BCUT2D eigenvalue weighted by atomic mass is 10.1. The van der Waals surface area contributed by atoms with Crippen LogP contribution in [-0.2, 0) is 0 Å². The maximum Gasteiger partial charge on any atom is 0.255 e. The number of methoxy groups -OCH3 is 1. The van der Waals surface area contributed by atoms with E-state index in [9.17, 15) is 4.79 Å². The van der Waals surface area contributed by atoms with E-state index in [0.717, 1.165) is 5.56 Å². The number of aryl methyl sites for hydroxylation is 1. The Kier molecular flexibility index (Phi) is 6.07. The highest BCUT2D eigenvalue weighted by Crippen LogP contribution is 2.30. The van der Waals surface area contributed by atoms with E-state index in [1.165, 1.54) is 0 Å². The molecule has 5 nitrogen and oxygen atoms in total. The molecule has 0 aliphatic carbocycles. The predicted molar refractivity (Wildman–Crippen MR) is 94.5 cm³/mol. The quantitative estimate of drug-likeness (QED) is 0.832. The average molecular weight is 329 g/mol. The van der Waals surface area contributed by atoms with Crippen LogP contribution in [0.3, 0.4) is 0 Å². The van der Waals surface area contributed by atoms with Crippen LogP contribution < -0.4 is 19.5 Å². The lowest BCUT2D eigenvalue weighted by Gasteiger charge is -2.14. The van der Waals surface area contributed by atoms with Gasteiger partial charge < -0.3 is 19.5 Å². The minimum Gasteiger partial charge on any atom is -0.495 e. The Hall–Kier alpha value is -2.69. The van der Waals surface area contributed by atoms with E-state index >= 15 is 0 Å². The van der Waals surface area contributed by atoms with Crippen molar-refractivity contribution in [3.05, 3.63) is 47.5 Å². The third-order valence-corrected chi connectivity index (χ3v) is 3.41. The zero-order valence-corrected chi connectivity index (χ0v) is 14.5. The first-order valence-corrected chi connectivity index (χ1v) is 7.94. The monoisotopic (exact) mass is 329 g/mol. The van der Waals surface area contributed by atoms with E-state index in [1.807, 2.05) is 39.0 Å². The van der Waals surface area contributed by atoms with Crippen molar-refractivity contribution in [1.82, 2.24) is 0 Å². The molecular weight excluding hydrogens is 306 g/mol. The summed E-state index contributed by atoms with van der Waals surface area (Å²) in [6.07, 6.45) is 0. The highest BCUT2D eigenvalue weighted by Gasteiger charge is 2.13. The number of nitrogens with one attached hydrogen (secondary N) is 1. The number of ether oxygens (including phenoxy) is 3. The molecule has 0 unspecified atom stereocenters. The molecule has 0 atom stereocenters. The Morgan fingerprint density at radius 2 is 1.62 bits per heavy atom. The van der Waals surface area contributed by atoms with Gasteiger partial charge in [-0.3, -0.25) is 4.79 Å². The maximum atomic E-state index is 12.6. The minimum atomic E-state index is -0.233. The van der Waals surface area contributed by atoms with E-state index in [-0.39, 0.29) is 5.91 Å².